The molecule has 0 amide bonds. The Morgan fingerprint density at radius 2 is 0.836 bits per heavy atom. The van der Waals surface area contributed by atoms with E-state index in [9.17, 15) is 81.4 Å². The van der Waals surface area contributed by atoms with Crippen LogP contribution in [-0.2, 0) is 47.4 Å². The van der Waals surface area contributed by atoms with Crippen molar-refractivity contribution in [3.63, 3.8) is 0 Å². The Morgan fingerprint density at radius 1 is 0.436 bits per heavy atom. The maximum absolute atomic E-state index is 12.6. The number of rotatable bonds is 11. The van der Waals surface area contributed by atoms with Gasteiger partial charge >= 0.3 is 5.97 Å². The second-order valence-electron chi connectivity index (χ2n) is 14.0. The van der Waals surface area contributed by atoms with Gasteiger partial charge in [0.1, 0.15) is 104 Å². The van der Waals surface area contributed by atoms with E-state index < -0.39 is 173 Å². The summed E-state index contributed by atoms with van der Waals surface area (Å²) in [4.78, 5) is 12.6. The molecule has 5 aliphatic heterocycles. The highest BCUT2D eigenvalue weighted by Gasteiger charge is 2.58. The van der Waals surface area contributed by atoms with E-state index in [1.807, 2.05) is 0 Å². The summed E-state index contributed by atoms with van der Waals surface area (Å²) in [6.07, 6.45) is -47.9. The highest BCUT2D eigenvalue weighted by molar-refractivity contribution is 5.73. The first-order chi connectivity index (χ1) is 25.8. The van der Waals surface area contributed by atoms with E-state index in [0.717, 1.165) is 0 Å². The SMILES string of the molecule is C[C@@H]1O[C@@H](O[C@H]2[C@@H](O[C@@H]3[C@@H](O[C@H]4[C@@H](O)[C@H](O)[C@@H](CO)O[C@@H]4O)O[C@H](CO)[C@@H](O)[C@@H]3O)O[C@H](C(=O)O)[C@@H](O[C@@H]3O[C@@H](C)[C@H](O)[C@@H](O)[C@H]3O)[C@@H]2O)[C@H](O)[C@H](O)[C@H]1O. The van der Waals surface area contributed by atoms with Gasteiger partial charge in [0, 0.05) is 0 Å². The number of carbonyl (C=O) groups is 1. The molecular formula is C30H50O25. The minimum atomic E-state index is -2.31. The average molecular weight is 811 g/mol. The molecule has 0 unspecified atom stereocenters. The van der Waals surface area contributed by atoms with Crippen molar-refractivity contribution in [2.24, 2.45) is 0 Å². The van der Waals surface area contributed by atoms with E-state index in [1.54, 1.807) is 0 Å². The van der Waals surface area contributed by atoms with Crippen molar-refractivity contribution in [2.75, 3.05) is 13.2 Å². The largest absolute Gasteiger partial charge is 0.479 e. The van der Waals surface area contributed by atoms with Gasteiger partial charge in [-0.3, -0.25) is 0 Å². The third-order valence-corrected chi connectivity index (χ3v) is 10.2. The molecule has 25 nitrogen and oxygen atoms in total. The molecule has 5 heterocycles. The van der Waals surface area contributed by atoms with Crippen LogP contribution in [0, 0.1) is 0 Å². The number of carboxylic acids is 1. The van der Waals surface area contributed by atoms with Crippen LogP contribution in [0.1, 0.15) is 13.8 Å². The highest BCUT2D eigenvalue weighted by atomic mass is 16.8. The van der Waals surface area contributed by atoms with E-state index in [0.29, 0.717) is 0 Å². The van der Waals surface area contributed by atoms with Crippen LogP contribution in [0.25, 0.3) is 0 Å². The molecule has 15 N–H and O–H groups in total. The summed E-state index contributed by atoms with van der Waals surface area (Å²) in [5.74, 6) is -1.86. The maximum atomic E-state index is 12.6. The number of aliphatic carboxylic acids is 1. The van der Waals surface area contributed by atoms with Gasteiger partial charge in [0.15, 0.2) is 37.6 Å². The van der Waals surface area contributed by atoms with Gasteiger partial charge in [-0.15, -0.1) is 0 Å². The van der Waals surface area contributed by atoms with Gasteiger partial charge in [0.2, 0.25) is 0 Å². The van der Waals surface area contributed by atoms with Crippen LogP contribution in [0.15, 0.2) is 0 Å². The summed E-state index contributed by atoms with van der Waals surface area (Å²) < 4.78 is 49.9. The van der Waals surface area contributed by atoms with Gasteiger partial charge in [0.25, 0.3) is 0 Å². The van der Waals surface area contributed by atoms with Gasteiger partial charge in [-0.05, 0) is 13.8 Å². The smallest absolute Gasteiger partial charge is 0.335 e. The lowest BCUT2D eigenvalue weighted by molar-refractivity contribution is -0.409. The molecule has 5 fully saturated rings. The standard InChI is InChI=1S/C30H50O25/c1-5-9(33)13(37)17(41)27(47-5)51-20-19(43)23(53-28-18(42)14(38)10(34)6(2)48-28)30(55-24(20)25(44)45)54-22-16(40)12(36)8(4-32)50-29(22)52-21-15(39)11(35)7(3-31)49-26(21)46/h5-24,26-43,46H,3-4H2,1-2H3,(H,44,45)/t5-,6-,7+,8+,9-,10-,11+,12+,13+,14+,15-,16-,17+,18+,19-,20-,21-,22-,23+,24-,26-,27-,28-,29+,30-/m0/s1. The molecule has 0 aromatic carbocycles. The fraction of sp³-hybridized carbons (Fsp3) is 0.967. The van der Waals surface area contributed by atoms with Crippen LogP contribution in [0.2, 0.25) is 0 Å². The zero-order chi connectivity index (χ0) is 40.8. The first kappa shape index (κ1) is 44.6. The maximum Gasteiger partial charge on any atom is 0.335 e. The van der Waals surface area contributed by atoms with Crippen LogP contribution < -0.4 is 0 Å². The van der Waals surface area contributed by atoms with Crippen LogP contribution in [0.4, 0.5) is 0 Å². The minimum absolute atomic E-state index is 0.842. The zero-order valence-corrected chi connectivity index (χ0v) is 29.1. The van der Waals surface area contributed by atoms with Crippen molar-refractivity contribution in [1.82, 2.24) is 0 Å². The normalized spacial score (nSPS) is 53.9. The first-order valence-electron chi connectivity index (χ1n) is 17.3. The monoisotopic (exact) mass is 810 g/mol. The van der Waals surface area contributed by atoms with Crippen LogP contribution >= 0.6 is 0 Å². The number of hydrogen-bond donors (Lipinski definition) is 15. The molecule has 320 valence electrons. The van der Waals surface area contributed by atoms with Gasteiger partial charge < -0.3 is 119 Å². The van der Waals surface area contributed by atoms with Crippen molar-refractivity contribution in [2.45, 2.75) is 167 Å². The Kier molecular flexibility index (Phi) is 14.8. The molecule has 0 bridgehead atoms. The van der Waals surface area contributed by atoms with Crippen molar-refractivity contribution >= 4 is 5.97 Å². The number of aliphatic hydroxyl groups excluding tert-OH is 14. The van der Waals surface area contributed by atoms with Crippen molar-refractivity contribution in [1.29, 1.82) is 0 Å². The second kappa shape index (κ2) is 18.2. The van der Waals surface area contributed by atoms with Gasteiger partial charge in [-0.1, -0.05) is 0 Å². The average Bonchev–Trinajstić information content (AvgIpc) is 3.15. The Labute approximate surface area is 310 Å². The summed E-state index contributed by atoms with van der Waals surface area (Å²) in [6.45, 7) is 0.761. The summed E-state index contributed by atoms with van der Waals surface area (Å²) in [5.41, 5.74) is 0. The van der Waals surface area contributed by atoms with Crippen LogP contribution in [-0.4, -0.2) is 249 Å². The molecule has 0 aromatic rings. The molecule has 25 heteroatoms. The molecule has 0 aliphatic carbocycles. The van der Waals surface area contributed by atoms with Crippen LogP contribution in [0.5, 0.6) is 0 Å². The fourth-order valence-electron chi connectivity index (χ4n) is 6.83. The molecule has 0 aromatic heterocycles. The predicted molar refractivity (Wildman–Crippen MR) is 164 cm³/mol. The van der Waals surface area contributed by atoms with E-state index in [4.69, 9.17) is 42.6 Å². The summed E-state index contributed by atoms with van der Waals surface area (Å²) in [7, 11) is 0. The van der Waals surface area contributed by atoms with Gasteiger partial charge in [0.05, 0.1) is 25.4 Å². The first-order valence-corrected chi connectivity index (χ1v) is 17.3. The second-order valence-corrected chi connectivity index (χ2v) is 14.0. The molecule has 5 rings (SSSR count). The third kappa shape index (κ3) is 8.94. The van der Waals surface area contributed by atoms with Crippen molar-refractivity contribution in [3.8, 4) is 0 Å². The van der Waals surface area contributed by atoms with Crippen molar-refractivity contribution < 1.29 is 124 Å². The number of aliphatic hydroxyl groups is 14. The van der Waals surface area contributed by atoms with Crippen LogP contribution in [0.3, 0.4) is 0 Å². The van der Waals surface area contributed by atoms with Crippen molar-refractivity contribution in [3.05, 3.63) is 0 Å². The summed E-state index contributed by atoms with van der Waals surface area (Å²) >= 11 is 0. The van der Waals surface area contributed by atoms with E-state index in [-0.39, 0.29) is 0 Å². The predicted octanol–water partition coefficient (Wildman–Crippen LogP) is -9.78. The Hall–Kier alpha value is -1.45. The molecule has 5 aliphatic rings. The zero-order valence-electron chi connectivity index (χ0n) is 29.1. The Balaban J connectivity index is 1.48. The quantitative estimate of drug-likeness (QED) is 0.0921. The fourth-order valence-corrected chi connectivity index (χ4v) is 6.83. The molecular weight excluding hydrogens is 760 g/mol. The number of ether oxygens (including phenoxy) is 9. The molecule has 5 saturated heterocycles. The highest BCUT2D eigenvalue weighted by Crippen LogP contribution is 2.37. The summed E-state index contributed by atoms with van der Waals surface area (Å²) in [6, 6.07) is 0. The number of carboxylic acid groups (broad SMARTS) is 1. The summed E-state index contributed by atoms with van der Waals surface area (Å²) in [5, 5.41) is 157. The third-order valence-electron chi connectivity index (χ3n) is 10.2. The molecule has 25 atom stereocenters. The molecule has 0 saturated carbocycles. The minimum Gasteiger partial charge on any atom is -0.479 e. The Bertz CT molecular complexity index is 1250. The van der Waals surface area contributed by atoms with Gasteiger partial charge in [-0.2, -0.15) is 0 Å². The lowest BCUT2D eigenvalue weighted by Crippen LogP contribution is -2.69. The molecule has 55 heavy (non-hydrogen) atoms. The molecule has 0 spiro atoms. The Morgan fingerprint density at radius 3 is 1.33 bits per heavy atom. The lowest BCUT2D eigenvalue weighted by atomic mass is 9.95. The molecule has 0 radical (unpaired) electrons. The van der Waals surface area contributed by atoms with Gasteiger partial charge in [-0.25, -0.2) is 4.79 Å². The van der Waals surface area contributed by atoms with E-state index in [2.05, 4.69) is 0 Å². The lowest BCUT2D eigenvalue weighted by Gasteiger charge is -2.50. The number of hydrogen-bond acceptors (Lipinski definition) is 24. The van der Waals surface area contributed by atoms with E-state index >= 15 is 0 Å². The van der Waals surface area contributed by atoms with E-state index in [1.165, 1.54) is 13.8 Å². The topological polar surface area (TPSA) is 404 Å².